The van der Waals surface area contributed by atoms with E-state index in [0.29, 0.717) is 5.56 Å². The number of rotatable bonds is 3. The van der Waals surface area contributed by atoms with Crippen molar-refractivity contribution in [2.75, 3.05) is 4.90 Å². The molecule has 0 radical (unpaired) electrons. The molecule has 124 valence electrons. The van der Waals surface area contributed by atoms with Crippen LogP contribution in [-0.2, 0) is 22.6 Å². The molecule has 24 heavy (non-hydrogen) atoms. The predicted octanol–water partition coefficient (Wildman–Crippen LogP) is 3.29. The van der Waals surface area contributed by atoms with E-state index in [1.54, 1.807) is 25.1 Å². The lowest BCUT2D eigenvalue weighted by Crippen LogP contribution is -2.43. The van der Waals surface area contributed by atoms with Crippen molar-refractivity contribution in [2.45, 2.75) is 26.0 Å². The Morgan fingerprint density at radius 3 is 2.62 bits per heavy atom. The van der Waals surface area contributed by atoms with Gasteiger partial charge in [0.15, 0.2) is 0 Å². The third-order valence-corrected chi connectivity index (χ3v) is 4.07. The van der Waals surface area contributed by atoms with Crippen molar-refractivity contribution in [1.82, 2.24) is 0 Å². The normalized spacial score (nSPS) is 15.9. The summed E-state index contributed by atoms with van der Waals surface area (Å²) in [5.74, 6) is -1.67. The van der Waals surface area contributed by atoms with E-state index in [1.165, 1.54) is 6.07 Å². The number of carboxylic acids is 1. The number of aryl methyl sites for hydroxylation is 1. The Hall–Kier alpha value is -2.89. The van der Waals surface area contributed by atoms with E-state index < -0.39 is 23.9 Å². The van der Waals surface area contributed by atoms with Gasteiger partial charge >= 0.3 is 12.1 Å². The molecule has 0 aromatic heterocycles. The fraction of sp³-hybridized carbons (Fsp3) is 0.222. The number of amides is 1. The number of carboxylic acid groups (broad SMARTS) is 1. The number of nitrogens with zero attached hydrogens (tertiary/aromatic N) is 1. The monoisotopic (exact) mass is 329 g/mol. The molecule has 1 aliphatic heterocycles. The van der Waals surface area contributed by atoms with Crippen molar-refractivity contribution in [3.05, 3.63) is 65.0 Å². The predicted molar refractivity (Wildman–Crippen MR) is 85.4 cm³/mol. The first-order valence-corrected chi connectivity index (χ1v) is 7.49. The van der Waals surface area contributed by atoms with Gasteiger partial charge in [0.2, 0.25) is 0 Å². The van der Waals surface area contributed by atoms with Crippen LogP contribution in [0.4, 0.5) is 14.9 Å². The second-order valence-electron chi connectivity index (χ2n) is 5.66. The highest BCUT2D eigenvalue weighted by Crippen LogP contribution is 2.36. The number of anilines is 1. The van der Waals surface area contributed by atoms with Crippen molar-refractivity contribution in [3.8, 4) is 0 Å². The summed E-state index contributed by atoms with van der Waals surface area (Å²) in [7, 11) is 0. The average molecular weight is 329 g/mol. The smallest absolute Gasteiger partial charge is 0.415 e. The minimum absolute atomic E-state index is 0.0200. The average Bonchev–Trinajstić information content (AvgIpc) is 2.97. The number of hydrogen-bond acceptors (Lipinski definition) is 3. The van der Waals surface area contributed by atoms with Crippen LogP contribution in [0.3, 0.4) is 0 Å². The fourth-order valence-corrected chi connectivity index (χ4v) is 2.81. The van der Waals surface area contributed by atoms with Crippen molar-refractivity contribution < 1.29 is 23.8 Å². The van der Waals surface area contributed by atoms with Crippen LogP contribution in [0.1, 0.15) is 16.7 Å². The van der Waals surface area contributed by atoms with E-state index in [4.69, 9.17) is 4.74 Å². The van der Waals surface area contributed by atoms with E-state index in [1.807, 2.05) is 18.2 Å². The zero-order valence-corrected chi connectivity index (χ0v) is 13.0. The van der Waals surface area contributed by atoms with E-state index >= 15 is 0 Å². The summed E-state index contributed by atoms with van der Waals surface area (Å²) in [5.41, 5.74) is 1.69. The van der Waals surface area contributed by atoms with Crippen LogP contribution in [0.25, 0.3) is 0 Å². The van der Waals surface area contributed by atoms with Crippen LogP contribution in [-0.4, -0.2) is 23.2 Å². The van der Waals surface area contributed by atoms with E-state index in [2.05, 4.69) is 0 Å². The van der Waals surface area contributed by atoms with Crippen molar-refractivity contribution in [1.29, 1.82) is 0 Å². The quantitative estimate of drug-likeness (QED) is 0.938. The molecule has 1 heterocycles. The van der Waals surface area contributed by atoms with E-state index in [-0.39, 0.29) is 24.3 Å². The Balaban J connectivity index is 1.86. The van der Waals surface area contributed by atoms with Gasteiger partial charge in [-0.25, -0.2) is 14.0 Å². The number of ether oxygens (including phenoxy) is 1. The second-order valence-corrected chi connectivity index (χ2v) is 5.66. The molecule has 6 heteroatoms. The van der Waals surface area contributed by atoms with Crippen molar-refractivity contribution in [2.24, 2.45) is 0 Å². The van der Waals surface area contributed by atoms with Gasteiger partial charge in [-0.05, 0) is 24.1 Å². The highest BCUT2D eigenvalue weighted by Gasteiger charge is 2.41. The number of aliphatic carboxylic acids is 1. The van der Waals surface area contributed by atoms with Crippen LogP contribution in [0.15, 0.2) is 42.5 Å². The van der Waals surface area contributed by atoms with Gasteiger partial charge in [-0.2, -0.15) is 0 Å². The molecule has 0 bridgehead atoms. The van der Waals surface area contributed by atoms with Crippen LogP contribution in [0, 0.1) is 12.7 Å². The number of carbonyl (C=O) groups excluding carboxylic acids is 1. The molecule has 2 aromatic carbocycles. The van der Waals surface area contributed by atoms with Gasteiger partial charge in [0, 0.05) is 12.0 Å². The number of halogens is 1. The molecule has 5 nitrogen and oxygen atoms in total. The Morgan fingerprint density at radius 1 is 1.25 bits per heavy atom. The lowest BCUT2D eigenvalue weighted by molar-refractivity contribution is -0.138. The maximum Gasteiger partial charge on any atom is 0.415 e. The van der Waals surface area contributed by atoms with Gasteiger partial charge in [-0.3, -0.25) is 4.90 Å². The molecule has 1 atom stereocenters. The molecule has 1 amide bonds. The maximum absolute atomic E-state index is 14.3. The van der Waals surface area contributed by atoms with Gasteiger partial charge in [0.25, 0.3) is 0 Å². The lowest BCUT2D eigenvalue weighted by Gasteiger charge is -2.22. The van der Waals surface area contributed by atoms with Crippen LogP contribution in [0.2, 0.25) is 0 Å². The number of fused-ring (bicyclic) bond motifs is 1. The number of carbonyl (C=O) groups is 2. The Labute approximate surface area is 138 Å². The summed E-state index contributed by atoms with van der Waals surface area (Å²) in [5, 5.41) is 9.38. The van der Waals surface area contributed by atoms with Crippen molar-refractivity contribution in [3.63, 3.8) is 0 Å². The molecular weight excluding hydrogens is 313 g/mol. The second kappa shape index (κ2) is 6.31. The largest absolute Gasteiger partial charge is 0.480 e. The lowest BCUT2D eigenvalue weighted by atomic mass is 10.1. The Bertz CT molecular complexity index is 791. The maximum atomic E-state index is 14.3. The first-order valence-electron chi connectivity index (χ1n) is 7.49. The number of hydrogen-bond donors (Lipinski definition) is 1. The molecule has 3 rings (SSSR count). The SMILES string of the molecule is Cc1ccc2c(c1F)C[C@@H](C(=O)O)N2C(=O)OCc1ccccc1. The molecule has 1 aliphatic rings. The topological polar surface area (TPSA) is 66.8 Å². The fourth-order valence-electron chi connectivity index (χ4n) is 2.81. The Kier molecular flexibility index (Phi) is 4.20. The van der Waals surface area contributed by atoms with Crippen molar-refractivity contribution >= 4 is 17.7 Å². The summed E-state index contributed by atoms with van der Waals surface area (Å²) in [6.07, 6.45) is -0.869. The first kappa shape index (κ1) is 16.0. The molecule has 1 N–H and O–H groups in total. The van der Waals surface area contributed by atoms with E-state index in [9.17, 15) is 19.1 Å². The first-order chi connectivity index (χ1) is 11.5. The molecule has 2 aromatic rings. The van der Waals surface area contributed by atoms with Gasteiger partial charge in [-0.15, -0.1) is 0 Å². The van der Waals surface area contributed by atoms with Crippen LogP contribution >= 0.6 is 0 Å². The molecule has 0 spiro atoms. The standard InChI is InChI=1S/C18H16FNO4/c1-11-7-8-14-13(16(11)19)9-15(17(21)22)20(14)18(23)24-10-12-5-3-2-4-6-12/h2-8,15H,9-10H2,1H3,(H,21,22)/t15-/m0/s1. The molecule has 0 aliphatic carbocycles. The highest BCUT2D eigenvalue weighted by atomic mass is 19.1. The van der Waals surface area contributed by atoms with E-state index in [0.717, 1.165) is 10.5 Å². The van der Waals surface area contributed by atoms with Gasteiger partial charge in [0.1, 0.15) is 18.5 Å². The molecular formula is C18H16FNO4. The van der Waals surface area contributed by atoms with Gasteiger partial charge in [0.05, 0.1) is 5.69 Å². The summed E-state index contributed by atoms with van der Waals surface area (Å²) in [6, 6.07) is 11.0. The van der Waals surface area contributed by atoms with Gasteiger partial charge < -0.3 is 9.84 Å². The third-order valence-electron chi connectivity index (χ3n) is 4.07. The molecule has 0 saturated heterocycles. The highest BCUT2D eigenvalue weighted by molar-refractivity contribution is 5.98. The Morgan fingerprint density at radius 2 is 1.96 bits per heavy atom. The minimum atomic E-state index is -1.19. The summed E-state index contributed by atoms with van der Waals surface area (Å²) < 4.78 is 19.5. The molecule has 0 saturated carbocycles. The molecule has 0 fully saturated rings. The zero-order chi connectivity index (χ0) is 17.3. The third kappa shape index (κ3) is 2.82. The van der Waals surface area contributed by atoms with Gasteiger partial charge in [-0.1, -0.05) is 36.4 Å². The zero-order valence-electron chi connectivity index (χ0n) is 13.0. The molecule has 0 unspecified atom stereocenters. The summed E-state index contributed by atoms with van der Waals surface area (Å²) >= 11 is 0. The van der Waals surface area contributed by atoms with Crippen LogP contribution in [0.5, 0.6) is 0 Å². The number of benzene rings is 2. The van der Waals surface area contributed by atoms with Crippen LogP contribution < -0.4 is 4.90 Å². The summed E-state index contributed by atoms with van der Waals surface area (Å²) in [6.45, 7) is 1.62. The minimum Gasteiger partial charge on any atom is -0.480 e. The summed E-state index contributed by atoms with van der Waals surface area (Å²) in [4.78, 5) is 24.9.